The lowest BCUT2D eigenvalue weighted by Gasteiger charge is -2.26. The first-order chi connectivity index (χ1) is 12.0. The van der Waals surface area contributed by atoms with Crippen LogP contribution in [0.4, 0.5) is 9.59 Å². The van der Waals surface area contributed by atoms with Crippen LogP contribution in [0, 0.1) is 0 Å². The van der Waals surface area contributed by atoms with Gasteiger partial charge in [-0.05, 0) is 34.6 Å². The Labute approximate surface area is 147 Å². The largest absolute Gasteiger partial charge is 0.497 e. The van der Waals surface area contributed by atoms with Crippen LogP contribution in [0.3, 0.4) is 0 Å². The molecule has 0 unspecified atom stereocenters. The van der Waals surface area contributed by atoms with Crippen molar-refractivity contribution in [2.45, 2.75) is 0 Å². The number of benzene rings is 2. The van der Waals surface area contributed by atoms with Gasteiger partial charge >= 0.3 is 8.07 Å². The Morgan fingerprint density at radius 2 is 0.960 bits per heavy atom. The van der Waals surface area contributed by atoms with Gasteiger partial charge in [-0.3, -0.25) is 9.59 Å². The molecule has 0 fully saturated rings. The highest BCUT2D eigenvalue weighted by Crippen LogP contribution is 2.17. The first-order valence-electron chi connectivity index (χ1n) is 7.50. The quantitative estimate of drug-likeness (QED) is 0.734. The van der Waals surface area contributed by atoms with Crippen molar-refractivity contribution < 1.29 is 28.5 Å². The van der Waals surface area contributed by atoms with E-state index in [0.29, 0.717) is 21.9 Å². The lowest BCUT2D eigenvalue weighted by atomic mass is 10.3. The third-order valence-corrected chi connectivity index (χ3v) is 8.06. The summed E-state index contributed by atoms with van der Waals surface area (Å²) in [5, 5.41) is 1.11. The van der Waals surface area contributed by atoms with E-state index in [1.54, 1.807) is 62.8 Å². The van der Waals surface area contributed by atoms with E-state index in [1.807, 2.05) is 0 Å². The van der Waals surface area contributed by atoms with E-state index in [9.17, 15) is 9.59 Å². The SMILES string of the molecule is COC(=O)[Si](C(=O)OC)(c1ccc(OC)cc1)c1ccc(OC)cc1. The molecule has 0 saturated carbocycles. The predicted molar refractivity (Wildman–Crippen MR) is 95.8 cm³/mol. The molecule has 0 aliphatic carbocycles. The van der Waals surface area contributed by atoms with E-state index in [2.05, 4.69) is 0 Å². The van der Waals surface area contributed by atoms with E-state index in [4.69, 9.17) is 18.9 Å². The van der Waals surface area contributed by atoms with Crippen LogP contribution in [-0.2, 0) is 9.47 Å². The van der Waals surface area contributed by atoms with Crippen LogP contribution in [-0.4, -0.2) is 47.7 Å². The fourth-order valence-corrected chi connectivity index (χ4v) is 6.10. The number of ether oxygens (including phenoxy) is 4. The summed E-state index contributed by atoms with van der Waals surface area (Å²) in [4.78, 5) is 25.6. The highest BCUT2D eigenvalue weighted by molar-refractivity contribution is 7.37. The van der Waals surface area contributed by atoms with E-state index in [1.165, 1.54) is 14.2 Å². The summed E-state index contributed by atoms with van der Waals surface area (Å²) in [5.41, 5.74) is -1.20. The molecule has 6 nitrogen and oxygen atoms in total. The highest BCUT2D eigenvalue weighted by Gasteiger charge is 2.56. The summed E-state index contributed by atoms with van der Waals surface area (Å²) in [6, 6.07) is 13.6. The number of hydrogen-bond donors (Lipinski definition) is 0. The Morgan fingerprint density at radius 3 is 1.20 bits per heavy atom. The van der Waals surface area contributed by atoms with Gasteiger partial charge in [0.05, 0.1) is 28.4 Å². The molecule has 0 radical (unpaired) electrons. The van der Waals surface area contributed by atoms with Gasteiger partial charge in [-0.15, -0.1) is 0 Å². The van der Waals surface area contributed by atoms with Crippen molar-refractivity contribution >= 4 is 29.6 Å². The molecule has 2 rings (SSSR count). The third kappa shape index (κ3) is 3.23. The summed E-state index contributed by atoms with van der Waals surface area (Å²) in [7, 11) is 1.96. The molecule has 0 bridgehead atoms. The van der Waals surface area contributed by atoms with Crippen molar-refractivity contribution in [3.05, 3.63) is 48.5 Å². The average molecular weight is 360 g/mol. The van der Waals surface area contributed by atoms with Crippen LogP contribution in [0.15, 0.2) is 48.5 Å². The lowest BCUT2D eigenvalue weighted by molar-refractivity contribution is 0.187. The van der Waals surface area contributed by atoms with Crippen LogP contribution in [0.25, 0.3) is 0 Å². The van der Waals surface area contributed by atoms with Gasteiger partial charge in [0.2, 0.25) is 0 Å². The predicted octanol–water partition coefficient (Wildman–Crippen LogP) is 1.96. The summed E-state index contributed by atoms with van der Waals surface area (Å²) in [6.45, 7) is 0. The summed E-state index contributed by atoms with van der Waals surface area (Å²) >= 11 is 0. The first-order valence-corrected chi connectivity index (χ1v) is 9.50. The van der Waals surface area contributed by atoms with E-state index in [0.717, 1.165) is 0 Å². The van der Waals surface area contributed by atoms with E-state index in [-0.39, 0.29) is 0 Å². The smallest absolute Gasteiger partial charge is 0.370 e. The van der Waals surface area contributed by atoms with Gasteiger partial charge in [-0.25, -0.2) is 0 Å². The Kier molecular flexibility index (Phi) is 5.82. The zero-order valence-corrected chi connectivity index (χ0v) is 15.6. The average Bonchev–Trinajstić information content (AvgIpc) is 2.68. The number of methoxy groups -OCH3 is 4. The Hall–Kier alpha value is -2.80. The third-order valence-electron chi connectivity index (χ3n) is 4.03. The number of rotatable bonds is 6. The standard InChI is InChI=1S/C18H20O6Si/c1-21-13-5-9-15(10-6-13)25(17(19)23-3,18(20)24-4)16-11-7-14(22-2)8-12-16/h5-12H,1-4H3. The molecule has 0 aliphatic rings. The molecule has 0 spiro atoms. The molecule has 2 aromatic rings. The van der Waals surface area contributed by atoms with Gasteiger partial charge in [0.1, 0.15) is 11.5 Å². The van der Waals surface area contributed by atoms with Crippen molar-refractivity contribution in [3.63, 3.8) is 0 Å². The van der Waals surface area contributed by atoms with E-state index >= 15 is 0 Å². The molecule has 2 aromatic carbocycles. The fourth-order valence-electron chi connectivity index (χ4n) is 2.71. The van der Waals surface area contributed by atoms with Crippen molar-refractivity contribution in [3.8, 4) is 11.5 Å². The van der Waals surface area contributed by atoms with Crippen LogP contribution in [0.1, 0.15) is 0 Å². The number of carbonyl (C=O) groups is 2. The molecule has 7 heteroatoms. The molecular formula is C18H20O6Si. The second-order valence-corrected chi connectivity index (χ2v) is 8.66. The summed E-state index contributed by atoms with van der Waals surface area (Å²) in [6.07, 6.45) is 0. The molecular weight excluding hydrogens is 340 g/mol. The normalized spacial score (nSPS) is 10.7. The zero-order valence-electron chi connectivity index (χ0n) is 14.6. The van der Waals surface area contributed by atoms with E-state index < -0.39 is 19.3 Å². The molecule has 0 aromatic heterocycles. The highest BCUT2D eigenvalue weighted by atomic mass is 28.3. The maximum atomic E-state index is 12.8. The summed E-state index contributed by atoms with van der Waals surface area (Å²) < 4.78 is 20.4. The molecule has 132 valence electrons. The Balaban J connectivity index is 2.74. The maximum Gasteiger partial charge on any atom is 0.370 e. The molecule has 0 amide bonds. The number of carbonyl (C=O) groups excluding carboxylic acids is 2. The lowest BCUT2D eigenvalue weighted by Crippen LogP contribution is -2.70. The van der Waals surface area contributed by atoms with Gasteiger partial charge in [0.15, 0.2) is 0 Å². The molecule has 0 N–H and O–H groups in total. The second-order valence-electron chi connectivity index (χ2n) is 5.19. The minimum absolute atomic E-state index is 0.553. The maximum absolute atomic E-state index is 12.8. The van der Waals surface area contributed by atoms with Gasteiger partial charge in [-0.1, -0.05) is 24.3 Å². The van der Waals surface area contributed by atoms with Crippen molar-refractivity contribution in [2.24, 2.45) is 0 Å². The monoisotopic (exact) mass is 360 g/mol. The Morgan fingerprint density at radius 1 is 0.640 bits per heavy atom. The topological polar surface area (TPSA) is 71.1 Å². The molecule has 0 heterocycles. The van der Waals surface area contributed by atoms with Gasteiger partial charge in [0, 0.05) is 0 Å². The molecule has 25 heavy (non-hydrogen) atoms. The van der Waals surface area contributed by atoms with Gasteiger partial charge < -0.3 is 18.9 Å². The Bertz CT molecular complexity index is 674. The molecule has 0 aliphatic heterocycles. The van der Waals surface area contributed by atoms with Gasteiger partial charge in [-0.2, -0.15) is 0 Å². The molecule has 0 atom stereocenters. The second kappa shape index (κ2) is 7.85. The van der Waals surface area contributed by atoms with Crippen LogP contribution in [0.5, 0.6) is 11.5 Å². The van der Waals surface area contributed by atoms with Crippen molar-refractivity contribution in [1.29, 1.82) is 0 Å². The first kappa shape index (κ1) is 18.5. The fraction of sp³-hybridized carbons (Fsp3) is 0.222. The summed E-state index contributed by atoms with van der Waals surface area (Å²) in [5.74, 6) is 1.24. The van der Waals surface area contributed by atoms with Crippen LogP contribution < -0.4 is 19.8 Å². The molecule has 0 saturated heterocycles. The van der Waals surface area contributed by atoms with Gasteiger partial charge in [0.25, 0.3) is 11.2 Å². The van der Waals surface area contributed by atoms with Crippen LogP contribution in [0.2, 0.25) is 0 Å². The minimum atomic E-state index is -3.66. The minimum Gasteiger partial charge on any atom is -0.497 e. The van der Waals surface area contributed by atoms with Crippen molar-refractivity contribution in [2.75, 3.05) is 28.4 Å². The van der Waals surface area contributed by atoms with Crippen molar-refractivity contribution in [1.82, 2.24) is 0 Å². The van der Waals surface area contributed by atoms with Crippen LogP contribution >= 0.6 is 0 Å². The number of hydrogen-bond acceptors (Lipinski definition) is 6. The zero-order chi connectivity index (χ0) is 18.4.